The van der Waals surface area contributed by atoms with Crippen molar-refractivity contribution in [3.05, 3.63) is 0 Å². The van der Waals surface area contributed by atoms with E-state index in [4.69, 9.17) is 0 Å². The van der Waals surface area contributed by atoms with Gasteiger partial charge in [0, 0.05) is 29.6 Å². The summed E-state index contributed by atoms with van der Waals surface area (Å²) in [5.41, 5.74) is 0. The SMILES string of the molecule is CN1CN(C2CCCCCN2)N=C1I. The molecule has 14 heavy (non-hydrogen) atoms. The monoisotopic (exact) mass is 308 g/mol. The van der Waals surface area contributed by atoms with Crippen LogP contribution in [0.3, 0.4) is 0 Å². The number of hydrogen-bond acceptors (Lipinski definition) is 4. The first-order chi connectivity index (χ1) is 6.77. The second-order valence-corrected chi connectivity index (χ2v) is 4.93. The summed E-state index contributed by atoms with van der Waals surface area (Å²) < 4.78 is 1.09. The Morgan fingerprint density at radius 3 is 3.00 bits per heavy atom. The van der Waals surface area contributed by atoms with E-state index in [1.165, 1.54) is 25.7 Å². The highest BCUT2D eigenvalue weighted by atomic mass is 127. The Labute approximate surface area is 98.8 Å². The quantitative estimate of drug-likeness (QED) is 0.587. The molecule has 0 saturated carbocycles. The third kappa shape index (κ3) is 2.31. The van der Waals surface area contributed by atoms with Crippen molar-refractivity contribution in [3.63, 3.8) is 0 Å². The summed E-state index contributed by atoms with van der Waals surface area (Å²) in [6, 6.07) is 0. The van der Waals surface area contributed by atoms with Gasteiger partial charge in [0.25, 0.3) is 0 Å². The molecule has 5 heteroatoms. The van der Waals surface area contributed by atoms with Crippen LogP contribution in [0.5, 0.6) is 0 Å². The number of nitrogens with one attached hydrogen (secondary N) is 1. The summed E-state index contributed by atoms with van der Waals surface area (Å²) in [6.45, 7) is 2.06. The van der Waals surface area contributed by atoms with Gasteiger partial charge in [0.15, 0.2) is 3.84 Å². The van der Waals surface area contributed by atoms with E-state index in [-0.39, 0.29) is 0 Å². The zero-order valence-electron chi connectivity index (χ0n) is 8.54. The minimum Gasteiger partial charge on any atom is -0.334 e. The molecular weight excluding hydrogens is 291 g/mol. The smallest absolute Gasteiger partial charge is 0.187 e. The second-order valence-electron chi connectivity index (χ2n) is 3.97. The third-order valence-electron chi connectivity index (χ3n) is 2.78. The molecule has 1 fully saturated rings. The van der Waals surface area contributed by atoms with Gasteiger partial charge in [-0.1, -0.05) is 6.42 Å². The van der Waals surface area contributed by atoms with E-state index in [0.29, 0.717) is 6.17 Å². The summed E-state index contributed by atoms with van der Waals surface area (Å²) in [6.07, 6.45) is 5.66. The van der Waals surface area contributed by atoms with Crippen LogP contribution < -0.4 is 5.32 Å². The minimum atomic E-state index is 0.451. The van der Waals surface area contributed by atoms with Crippen LogP contribution in [0.1, 0.15) is 25.7 Å². The van der Waals surface area contributed by atoms with Gasteiger partial charge in [0.1, 0.15) is 6.67 Å². The topological polar surface area (TPSA) is 30.9 Å². The summed E-state index contributed by atoms with van der Waals surface area (Å²) in [5, 5.41) is 10.3. The molecule has 4 nitrogen and oxygen atoms in total. The molecule has 2 heterocycles. The number of amidine groups is 1. The molecule has 1 saturated heterocycles. The average Bonchev–Trinajstić information content (AvgIpc) is 2.46. The van der Waals surface area contributed by atoms with Gasteiger partial charge >= 0.3 is 0 Å². The Morgan fingerprint density at radius 2 is 2.29 bits per heavy atom. The largest absolute Gasteiger partial charge is 0.334 e. The van der Waals surface area contributed by atoms with Crippen LogP contribution in [0, 0.1) is 0 Å². The van der Waals surface area contributed by atoms with Crippen molar-refractivity contribution in [1.82, 2.24) is 15.2 Å². The Bertz CT molecular complexity index is 223. The molecule has 0 bridgehead atoms. The molecule has 0 aromatic heterocycles. The van der Waals surface area contributed by atoms with E-state index in [1.54, 1.807) is 0 Å². The first-order valence-electron chi connectivity index (χ1n) is 5.22. The van der Waals surface area contributed by atoms with Crippen molar-refractivity contribution in [2.75, 3.05) is 20.3 Å². The Kier molecular flexibility index (Phi) is 3.48. The lowest BCUT2D eigenvalue weighted by Gasteiger charge is -2.26. The molecule has 0 radical (unpaired) electrons. The van der Waals surface area contributed by atoms with Crippen molar-refractivity contribution in [1.29, 1.82) is 0 Å². The fourth-order valence-corrected chi connectivity index (χ4v) is 2.35. The molecule has 0 spiro atoms. The predicted molar refractivity (Wildman–Crippen MR) is 66.2 cm³/mol. The van der Waals surface area contributed by atoms with Crippen LogP contribution in [0.15, 0.2) is 5.10 Å². The molecule has 2 aliphatic rings. The van der Waals surface area contributed by atoms with Gasteiger partial charge in [-0.05, 0) is 25.8 Å². The normalized spacial score (nSPS) is 29.0. The summed E-state index contributed by atoms with van der Waals surface area (Å²) in [5.74, 6) is 0. The lowest BCUT2D eigenvalue weighted by Crippen LogP contribution is -2.43. The van der Waals surface area contributed by atoms with Crippen LogP contribution in [0.4, 0.5) is 0 Å². The zero-order valence-corrected chi connectivity index (χ0v) is 10.7. The predicted octanol–water partition coefficient (Wildman–Crippen LogP) is 1.39. The molecule has 2 rings (SSSR count). The molecule has 0 aromatic carbocycles. The first-order valence-corrected chi connectivity index (χ1v) is 6.30. The van der Waals surface area contributed by atoms with Crippen molar-refractivity contribution in [2.45, 2.75) is 31.8 Å². The molecular formula is C9H17IN4. The molecule has 1 N–H and O–H groups in total. The lowest BCUT2D eigenvalue weighted by molar-refractivity contribution is 0.150. The maximum absolute atomic E-state index is 4.53. The molecule has 0 amide bonds. The van der Waals surface area contributed by atoms with Gasteiger partial charge in [-0.15, -0.1) is 5.10 Å². The number of halogens is 1. The molecule has 80 valence electrons. The van der Waals surface area contributed by atoms with Crippen LogP contribution in [0.25, 0.3) is 0 Å². The van der Waals surface area contributed by atoms with Gasteiger partial charge in [0.2, 0.25) is 0 Å². The summed E-state index contributed by atoms with van der Waals surface area (Å²) >= 11 is 2.29. The van der Waals surface area contributed by atoms with E-state index in [0.717, 1.165) is 17.1 Å². The summed E-state index contributed by atoms with van der Waals surface area (Å²) in [4.78, 5) is 2.17. The van der Waals surface area contributed by atoms with E-state index < -0.39 is 0 Å². The highest BCUT2D eigenvalue weighted by molar-refractivity contribution is 14.1. The van der Waals surface area contributed by atoms with E-state index in [2.05, 4.69) is 50.0 Å². The maximum atomic E-state index is 4.53. The fraction of sp³-hybridized carbons (Fsp3) is 0.889. The fourth-order valence-electron chi connectivity index (χ4n) is 1.92. The van der Waals surface area contributed by atoms with E-state index >= 15 is 0 Å². The van der Waals surface area contributed by atoms with Gasteiger partial charge in [-0.3, -0.25) is 10.3 Å². The number of nitrogens with zero attached hydrogens (tertiary/aromatic N) is 3. The van der Waals surface area contributed by atoms with Crippen molar-refractivity contribution < 1.29 is 0 Å². The molecule has 1 atom stereocenters. The Balaban J connectivity index is 1.94. The minimum absolute atomic E-state index is 0.451. The van der Waals surface area contributed by atoms with Gasteiger partial charge < -0.3 is 4.90 Å². The standard InChI is InChI=1S/C9H17IN4/c1-13-7-14(12-9(13)10)8-5-3-2-4-6-11-8/h8,11H,2-7H2,1H3. The Hall–Kier alpha value is -0.0400. The molecule has 0 aliphatic carbocycles. The molecule has 0 aromatic rings. The second kappa shape index (κ2) is 4.65. The highest BCUT2D eigenvalue weighted by Gasteiger charge is 2.24. The number of rotatable bonds is 1. The van der Waals surface area contributed by atoms with E-state index in [1.807, 2.05) is 0 Å². The van der Waals surface area contributed by atoms with Crippen LogP contribution in [-0.2, 0) is 0 Å². The van der Waals surface area contributed by atoms with Crippen molar-refractivity contribution in [2.24, 2.45) is 5.10 Å². The van der Waals surface area contributed by atoms with Crippen LogP contribution in [0.2, 0.25) is 0 Å². The number of hydrazone groups is 1. The van der Waals surface area contributed by atoms with Crippen LogP contribution >= 0.6 is 22.6 Å². The van der Waals surface area contributed by atoms with Crippen molar-refractivity contribution >= 4 is 26.4 Å². The Morgan fingerprint density at radius 1 is 1.43 bits per heavy atom. The van der Waals surface area contributed by atoms with E-state index in [9.17, 15) is 0 Å². The molecule has 2 aliphatic heterocycles. The van der Waals surface area contributed by atoms with Gasteiger partial charge in [-0.25, -0.2) is 0 Å². The summed E-state index contributed by atoms with van der Waals surface area (Å²) in [7, 11) is 2.09. The average molecular weight is 308 g/mol. The zero-order chi connectivity index (χ0) is 9.97. The van der Waals surface area contributed by atoms with Gasteiger partial charge in [-0.2, -0.15) is 0 Å². The third-order valence-corrected chi connectivity index (χ3v) is 3.82. The first kappa shape index (κ1) is 10.5. The lowest BCUT2D eigenvalue weighted by atomic mass is 10.2. The van der Waals surface area contributed by atoms with Crippen molar-refractivity contribution in [3.8, 4) is 0 Å². The maximum Gasteiger partial charge on any atom is 0.187 e. The highest BCUT2D eigenvalue weighted by Crippen LogP contribution is 2.18. The van der Waals surface area contributed by atoms with Crippen LogP contribution in [-0.4, -0.2) is 40.2 Å². The molecule has 1 unspecified atom stereocenters. The number of hydrogen-bond donors (Lipinski definition) is 1. The van der Waals surface area contributed by atoms with Gasteiger partial charge in [0.05, 0.1) is 6.17 Å².